The lowest BCUT2D eigenvalue weighted by molar-refractivity contribution is 0.118. The highest BCUT2D eigenvalue weighted by Crippen LogP contribution is 2.59. The van der Waals surface area contributed by atoms with Crippen molar-refractivity contribution in [2.45, 2.75) is 64.8 Å². The third-order valence-electron chi connectivity index (χ3n) is 6.19. The molecule has 2 aliphatic heterocycles. The highest BCUT2D eigenvalue weighted by atomic mass is 32.3. The lowest BCUT2D eigenvalue weighted by Crippen LogP contribution is -2.55. The number of nitrogens with zero attached hydrogens (tertiary/aromatic N) is 3. The van der Waals surface area contributed by atoms with Gasteiger partial charge in [0.05, 0.1) is 11.6 Å². The van der Waals surface area contributed by atoms with Crippen LogP contribution in [0.15, 0.2) is 47.9 Å². The number of anilines is 1. The Hall–Kier alpha value is -2.26. The molecule has 0 aliphatic carbocycles. The van der Waals surface area contributed by atoms with Crippen molar-refractivity contribution in [3.8, 4) is 11.5 Å². The molecule has 8 heteroatoms. The van der Waals surface area contributed by atoms with Gasteiger partial charge in [-0.2, -0.15) is 0 Å². The first-order valence-electron chi connectivity index (χ1n) is 11.0. The summed E-state index contributed by atoms with van der Waals surface area (Å²) >= 11 is 0. The van der Waals surface area contributed by atoms with Gasteiger partial charge in [-0.3, -0.25) is 14.0 Å². The quantitative estimate of drug-likeness (QED) is 0.559. The maximum atomic E-state index is 10.8. The van der Waals surface area contributed by atoms with Crippen molar-refractivity contribution in [2.24, 2.45) is 0 Å². The second kappa shape index (κ2) is 8.59. The number of piperidine rings is 1. The lowest BCUT2D eigenvalue weighted by Gasteiger charge is -2.51. The molecule has 2 aliphatic rings. The topological polar surface area (TPSA) is 89.3 Å². The molecule has 2 atom stereocenters. The van der Waals surface area contributed by atoms with E-state index in [4.69, 9.17) is 4.74 Å². The molecule has 0 unspecified atom stereocenters. The van der Waals surface area contributed by atoms with Crippen molar-refractivity contribution in [1.29, 1.82) is 0 Å². The van der Waals surface area contributed by atoms with Crippen molar-refractivity contribution in [3.63, 3.8) is 0 Å². The fourth-order valence-electron chi connectivity index (χ4n) is 4.73. The maximum Gasteiger partial charge on any atom is 0.161 e. The summed E-state index contributed by atoms with van der Waals surface area (Å²) in [5.74, 6) is 1.25. The van der Waals surface area contributed by atoms with Gasteiger partial charge < -0.3 is 9.84 Å². The van der Waals surface area contributed by atoms with Crippen LogP contribution in [0.5, 0.6) is 11.5 Å². The third-order valence-corrected chi connectivity index (χ3v) is 7.78. The van der Waals surface area contributed by atoms with Crippen LogP contribution in [0.4, 0.5) is 5.82 Å². The van der Waals surface area contributed by atoms with Crippen LogP contribution in [0.1, 0.15) is 44.9 Å². The number of likely N-dealkylation sites (tertiary alicyclic amines) is 1. The average molecular weight is 460 g/mol. The SMILES string of the molecule is Cc1cccc(N2[C@]3(C=CS2(O)O)CCN(Cc2ccc(O)c(OC(C)C)c2)[C@@H](C)C3)n1. The van der Waals surface area contributed by atoms with E-state index in [0.29, 0.717) is 11.6 Å². The average Bonchev–Trinajstić information content (AvgIpc) is 2.96. The summed E-state index contributed by atoms with van der Waals surface area (Å²) in [5, 5.41) is 11.6. The Morgan fingerprint density at radius 2 is 2.03 bits per heavy atom. The minimum Gasteiger partial charge on any atom is -0.504 e. The molecule has 174 valence electrons. The normalized spacial score (nSPS) is 26.1. The van der Waals surface area contributed by atoms with Gasteiger partial charge >= 0.3 is 0 Å². The number of benzene rings is 1. The molecule has 1 aromatic carbocycles. The summed E-state index contributed by atoms with van der Waals surface area (Å²) in [6.07, 6.45) is 3.46. The molecule has 3 N–H and O–H groups in total. The number of phenolic OH excluding ortho intramolecular Hbond substituents is 1. The van der Waals surface area contributed by atoms with E-state index in [2.05, 4.69) is 16.8 Å². The summed E-state index contributed by atoms with van der Waals surface area (Å²) in [4.78, 5) is 6.97. The van der Waals surface area contributed by atoms with Gasteiger partial charge in [0, 0.05) is 30.2 Å². The van der Waals surface area contributed by atoms with Gasteiger partial charge in [0.1, 0.15) is 5.82 Å². The van der Waals surface area contributed by atoms with Gasteiger partial charge in [-0.05, 0) is 76.4 Å². The number of aryl methyl sites for hydroxylation is 1. The van der Waals surface area contributed by atoms with Crippen LogP contribution in [-0.2, 0) is 6.54 Å². The van der Waals surface area contributed by atoms with Crippen LogP contribution in [0.2, 0.25) is 0 Å². The van der Waals surface area contributed by atoms with Crippen molar-refractivity contribution >= 4 is 16.6 Å². The standard InChI is InChI=1S/C24H33N3O4S/c1-17(2)31-22-14-20(8-9-21(22)28)16-26-12-10-24(15-19(26)4)11-13-32(29,30)27(24)23-7-5-6-18(3)25-23/h5-9,11,13-14,17,19,28-30H,10,12,15-16H2,1-4H3/t19-,24-/m0/s1. The highest BCUT2D eigenvalue weighted by molar-refractivity contribution is 8.28. The first kappa shape index (κ1) is 22.9. The van der Waals surface area contributed by atoms with E-state index in [1.165, 1.54) is 0 Å². The molecule has 0 amide bonds. The summed E-state index contributed by atoms with van der Waals surface area (Å²) in [6.45, 7) is 9.48. The van der Waals surface area contributed by atoms with Gasteiger partial charge in [0.2, 0.25) is 0 Å². The van der Waals surface area contributed by atoms with E-state index in [-0.39, 0.29) is 17.9 Å². The van der Waals surface area contributed by atoms with Crippen LogP contribution in [0.25, 0.3) is 0 Å². The molecule has 1 saturated heterocycles. The Morgan fingerprint density at radius 3 is 2.72 bits per heavy atom. The fourth-order valence-corrected chi connectivity index (χ4v) is 6.43. The minimum absolute atomic E-state index is 0.0139. The molecular formula is C24H33N3O4S. The molecule has 2 aromatic rings. The summed E-state index contributed by atoms with van der Waals surface area (Å²) in [5.41, 5.74) is 1.44. The second-order valence-electron chi connectivity index (χ2n) is 9.14. The van der Waals surface area contributed by atoms with Crippen LogP contribution >= 0.6 is 10.8 Å². The number of hydrogen-bond donors (Lipinski definition) is 3. The van der Waals surface area contributed by atoms with Crippen molar-refractivity contribution in [1.82, 2.24) is 9.88 Å². The molecule has 3 heterocycles. The minimum atomic E-state index is -3.06. The third kappa shape index (κ3) is 4.45. The summed E-state index contributed by atoms with van der Waals surface area (Å²) < 4.78 is 29.1. The van der Waals surface area contributed by atoms with Crippen LogP contribution in [0.3, 0.4) is 0 Å². The molecule has 4 rings (SSSR count). The maximum absolute atomic E-state index is 10.8. The van der Waals surface area contributed by atoms with Crippen LogP contribution in [0, 0.1) is 6.92 Å². The van der Waals surface area contributed by atoms with Crippen molar-refractivity contribution < 1.29 is 18.9 Å². The lowest BCUT2D eigenvalue weighted by atomic mass is 9.83. The number of pyridine rings is 1. The van der Waals surface area contributed by atoms with Crippen LogP contribution in [-0.4, -0.2) is 48.3 Å². The number of hydrogen-bond acceptors (Lipinski definition) is 7. The monoisotopic (exact) mass is 459 g/mol. The number of aromatic nitrogens is 1. The molecule has 0 radical (unpaired) electrons. The Morgan fingerprint density at radius 1 is 1.25 bits per heavy atom. The van der Waals surface area contributed by atoms with Crippen molar-refractivity contribution in [2.75, 3.05) is 10.8 Å². The smallest absolute Gasteiger partial charge is 0.161 e. The van der Waals surface area contributed by atoms with Gasteiger partial charge in [-0.1, -0.05) is 22.9 Å². The van der Waals surface area contributed by atoms with Crippen LogP contribution < -0.4 is 9.04 Å². The predicted octanol–water partition coefficient (Wildman–Crippen LogP) is 5.31. The Labute approximate surface area is 191 Å². The molecule has 0 saturated carbocycles. The Balaban J connectivity index is 1.53. The van der Waals surface area contributed by atoms with E-state index in [0.717, 1.165) is 37.2 Å². The Kier molecular flexibility index (Phi) is 6.15. The second-order valence-corrected chi connectivity index (χ2v) is 10.9. The van der Waals surface area contributed by atoms with E-state index in [1.54, 1.807) is 15.8 Å². The van der Waals surface area contributed by atoms with Gasteiger partial charge in [0.25, 0.3) is 0 Å². The van der Waals surface area contributed by atoms with E-state index >= 15 is 0 Å². The Bertz CT molecular complexity index is 1010. The number of rotatable bonds is 5. The summed E-state index contributed by atoms with van der Waals surface area (Å²) in [7, 11) is -3.06. The molecule has 1 aromatic heterocycles. The molecular weight excluding hydrogens is 426 g/mol. The fraction of sp³-hybridized carbons (Fsp3) is 0.458. The van der Waals surface area contributed by atoms with Crippen molar-refractivity contribution in [3.05, 3.63) is 59.1 Å². The van der Waals surface area contributed by atoms with Gasteiger partial charge in [-0.25, -0.2) is 9.29 Å². The number of phenols is 1. The first-order valence-corrected chi connectivity index (χ1v) is 12.6. The predicted molar refractivity (Wildman–Crippen MR) is 129 cm³/mol. The largest absolute Gasteiger partial charge is 0.504 e. The van der Waals surface area contributed by atoms with E-state index in [9.17, 15) is 14.2 Å². The van der Waals surface area contributed by atoms with Gasteiger partial charge in [0.15, 0.2) is 11.5 Å². The zero-order valence-corrected chi connectivity index (χ0v) is 19.9. The first-order chi connectivity index (χ1) is 15.1. The van der Waals surface area contributed by atoms with E-state index in [1.807, 2.05) is 57.2 Å². The number of ether oxygens (including phenoxy) is 1. The molecule has 1 spiro atoms. The summed E-state index contributed by atoms with van der Waals surface area (Å²) in [6, 6.07) is 11.4. The molecule has 0 bridgehead atoms. The van der Waals surface area contributed by atoms with E-state index < -0.39 is 16.3 Å². The molecule has 1 fully saturated rings. The zero-order valence-electron chi connectivity index (χ0n) is 19.1. The molecule has 7 nitrogen and oxygen atoms in total. The zero-order chi connectivity index (χ0) is 23.1. The van der Waals surface area contributed by atoms with Gasteiger partial charge in [-0.15, -0.1) is 0 Å². The molecule has 32 heavy (non-hydrogen) atoms. The highest BCUT2D eigenvalue weighted by Gasteiger charge is 2.50. The number of aromatic hydroxyl groups is 1.